The number of carbonyl (C=O) groups is 1. The fraction of sp³-hybridized carbons (Fsp3) is 0.842. The number of hydrogen-bond acceptors (Lipinski definition) is 5. The topological polar surface area (TPSA) is 80.5 Å². The van der Waals surface area contributed by atoms with Crippen molar-refractivity contribution in [3.8, 4) is 0 Å². The largest absolute Gasteiger partial charge is 0.376 e. The summed E-state index contributed by atoms with van der Waals surface area (Å²) in [4.78, 5) is 19.1. The Morgan fingerprint density at radius 1 is 1.08 bits per heavy atom. The van der Waals surface area contributed by atoms with Gasteiger partial charge in [-0.3, -0.25) is 0 Å². The molecule has 144 valence electrons. The number of nitrogens with zero attached hydrogens (tertiary/aromatic N) is 3. The molecule has 0 radical (unpaired) electrons. The van der Waals surface area contributed by atoms with Crippen molar-refractivity contribution >= 4 is 6.03 Å². The Hall–Kier alpha value is -1.63. The molecule has 1 N–H and O–H groups in total. The van der Waals surface area contributed by atoms with E-state index >= 15 is 0 Å². The third kappa shape index (κ3) is 4.37. The van der Waals surface area contributed by atoms with Crippen molar-refractivity contribution in [3.63, 3.8) is 0 Å². The lowest BCUT2D eigenvalue weighted by atomic mass is 9.85. The molecule has 1 aromatic rings. The normalized spacial score (nSPS) is 23.9. The van der Waals surface area contributed by atoms with Gasteiger partial charge in [-0.05, 0) is 44.4 Å². The molecule has 2 saturated carbocycles. The van der Waals surface area contributed by atoms with Crippen LogP contribution in [0.1, 0.15) is 75.4 Å². The summed E-state index contributed by atoms with van der Waals surface area (Å²) in [5, 5.41) is 7.02. The van der Waals surface area contributed by atoms with Crippen LogP contribution in [0.2, 0.25) is 0 Å². The van der Waals surface area contributed by atoms with E-state index in [1.807, 2.05) is 4.90 Å². The van der Waals surface area contributed by atoms with Gasteiger partial charge in [0.1, 0.15) is 0 Å². The predicted octanol–water partition coefficient (Wildman–Crippen LogP) is 3.22. The lowest BCUT2D eigenvalue weighted by Crippen LogP contribution is -2.46. The van der Waals surface area contributed by atoms with E-state index < -0.39 is 0 Å². The highest BCUT2D eigenvalue weighted by Crippen LogP contribution is 2.32. The van der Waals surface area contributed by atoms with Crippen LogP contribution >= 0.6 is 0 Å². The van der Waals surface area contributed by atoms with Crippen molar-refractivity contribution in [2.75, 3.05) is 19.7 Å². The zero-order chi connectivity index (χ0) is 17.8. The first-order chi connectivity index (χ1) is 12.8. The lowest BCUT2D eigenvalue weighted by molar-refractivity contribution is 0.0720. The summed E-state index contributed by atoms with van der Waals surface area (Å²) in [6, 6.07) is -0.0420. The van der Waals surface area contributed by atoms with Gasteiger partial charge in [-0.2, -0.15) is 4.98 Å². The second-order valence-electron chi connectivity index (χ2n) is 8.03. The standard InChI is InChI=1S/C19H30N4O3/c24-19(20-11-17-21-18(26-22-17)15-7-1-2-8-15)23(12-14-5-3-6-14)13-16-9-4-10-25-16/h14-16H,1-13H2,(H,20,24)/t16-/m1/s1. The fourth-order valence-electron chi connectivity index (χ4n) is 4.21. The molecular weight excluding hydrogens is 332 g/mol. The minimum absolute atomic E-state index is 0.0420. The molecule has 0 unspecified atom stereocenters. The Morgan fingerprint density at radius 3 is 2.62 bits per heavy atom. The number of rotatable bonds is 7. The highest BCUT2D eigenvalue weighted by Gasteiger charge is 2.28. The van der Waals surface area contributed by atoms with Crippen molar-refractivity contribution in [3.05, 3.63) is 11.7 Å². The molecule has 1 atom stereocenters. The van der Waals surface area contributed by atoms with E-state index in [4.69, 9.17) is 9.26 Å². The van der Waals surface area contributed by atoms with Crippen LogP contribution in [-0.2, 0) is 11.3 Å². The lowest BCUT2D eigenvalue weighted by Gasteiger charge is -2.33. The molecule has 0 aromatic carbocycles. The minimum atomic E-state index is -0.0420. The van der Waals surface area contributed by atoms with Gasteiger partial charge in [-0.25, -0.2) is 4.79 Å². The third-order valence-corrected chi connectivity index (χ3v) is 6.02. The molecule has 1 aliphatic heterocycles. The highest BCUT2D eigenvalue weighted by atomic mass is 16.5. The van der Waals surface area contributed by atoms with Crippen molar-refractivity contribution < 1.29 is 14.1 Å². The molecule has 7 heteroatoms. The second-order valence-corrected chi connectivity index (χ2v) is 8.03. The zero-order valence-electron chi connectivity index (χ0n) is 15.5. The van der Waals surface area contributed by atoms with E-state index in [0.717, 1.165) is 44.7 Å². The number of amides is 2. The number of aromatic nitrogens is 2. The van der Waals surface area contributed by atoms with E-state index in [1.54, 1.807) is 0 Å². The van der Waals surface area contributed by atoms with Crippen LogP contribution in [0.5, 0.6) is 0 Å². The van der Waals surface area contributed by atoms with Crippen molar-refractivity contribution in [1.82, 2.24) is 20.4 Å². The average Bonchev–Trinajstić information content (AvgIpc) is 3.36. The van der Waals surface area contributed by atoms with Crippen LogP contribution in [0, 0.1) is 5.92 Å². The maximum atomic E-state index is 12.7. The molecule has 0 bridgehead atoms. The molecule has 2 amide bonds. The number of hydrogen-bond donors (Lipinski definition) is 1. The Labute approximate surface area is 154 Å². The van der Waals surface area contributed by atoms with Crippen LogP contribution in [0.3, 0.4) is 0 Å². The van der Waals surface area contributed by atoms with Crippen LogP contribution in [0.25, 0.3) is 0 Å². The Kier molecular flexibility index (Phi) is 5.72. The zero-order valence-corrected chi connectivity index (χ0v) is 15.5. The molecular formula is C19H30N4O3. The maximum Gasteiger partial charge on any atom is 0.317 e. The molecule has 26 heavy (non-hydrogen) atoms. The summed E-state index contributed by atoms with van der Waals surface area (Å²) in [6.07, 6.45) is 10.8. The van der Waals surface area contributed by atoms with Crippen LogP contribution in [0.15, 0.2) is 4.52 Å². The molecule has 4 rings (SSSR count). The van der Waals surface area contributed by atoms with Gasteiger partial charge < -0.3 is 19.5 Å². The van der Waals surface area contributed by atoms with Crippen molar-refractivity contribution in [2.45, 2.75) is 76.4 Å². The molecule has 3 fully saturated rings. The first-order valence-electron chi connectivity index (χ1n) is 10.2. The summed E-state index contributed by atoms with van der Waals surface area (Å²) in [5.74, 6) is 2.35. The van der Waals surface area contributed by atoms with Gasteiger partial charge in [0.25, 0.3) is 0 Å². The number of ether oxygens (including phenoxy) is 1. The fourth-order valence-corrected chi connectivity index (χ4v) is 4.21. The molecule has 1 saturated heterocycles. The van der Waals surface area contributed by atoms with E-state index in [1.165, 1.54) is 32.1 Å². The summed E-state index contributed by atoms with van der Waals surface area (Å²) in [5.41, 5.74) is 0. The number of nitrogens with one attached hydrogen (secondary N) is 1. The molecule has 3 aliphatic rings. The first kappa shape index (κ1) is 17.8. The molecule has 0 spiro atoms. The Morgan fingerprint density at radius 2 is 1.92 bits per heavy atom. The molecule has 7 nitrogen and oxygen atoms in total. The van der Waals surface area contributed by atoms with Gasteiger partial charge in [0.05, 0.1) is 12.6 Å². The van der Waals surface area contributed by atoms with E-state index in [9.17, 15) is 4.79 Å². The van der Waals surface area contributed by atoms with Gasteiger partial charge in [-0.15, -0.1) is 0 Å². The SMILES string of the molecule is O=C(NCc1noc(C2CCCC2)n1)N(CC1CCC1)C[C@H]1CCCO1. The van der Waals surface area contributed by atoms with E-state index in [-0.39, 0.29) is 12.1 Å². The van der Waals surface area contributed by atoms with Crippen LogP contribution < -0.4 is 5.32 Å². The van der Waals surface area contributed by atoms with Crippen LogP contribution in [-0.4, -0.2) is 46.9 Å². The van der Waals surface area contributed by atoms with Crippen molar-refractivity contribution in [2.24, 2.45) is 5.92 Å². The summed E-state index contributed by atoms with van der Waals surface area (Å²) in [7, 11) is 0. The number of carbonyl (C=O) groups excluding carboxylic acids is 1. The first-order valence-corrected chi connectivity index (χ1v) is 10.2. The van der Waals surface area contributed by atoms with Gasteiger partial charge in [0, 0.05) is 25.6 Å². The smallest absolute Gasteiger partial charge is 0.317 e. The molecule has 2 heterocycles. The Bertz CT molecular complexity index is 589. The van der Waals surface area contributed by atoms with Gasteiger partial charge in [-0.1, -0.05) is 24.4 Å². The monoisotopic (exact) mass is 362 g/mol. The van der Waals surface area contributed by atoms with Crippen LogP contribution in [0.4, 0.5) is 4.79 Å². The Balaban J connectivity index is 1.30. The molecule has 2 aliphatic carbocycles. The third-order valence-electron chi connectivity index (χ3n) is 6.02. The maximum absolute atomic E-state index is 12.7. The average molecular weight is 362 g/mol. The predicted molar refractivity (Wildman–Crippen MR) is 95.6 cm³/mol. The second kappa shape index (κ2) is 8.37. The molecule has 1 aromatic heterocycles. The summed E-state index contributed by atoms with van der Waals surface area (Å²) < 4.78 is 11.1. The quantitative estimate of drug-likeness (QED) is 0.805. The van der Waals surface area contributed by atoms with E-state index in [0.29, 0.717) is 30.7 Å². The van der Waals surface area contributed by atoms with Gasteiger partial charge in [0.2, 0.25) is 5.89 Å². The summed E-state index contributed by atoms with van der Waals surface area (Å²) in [6.45, 7) is 2.64. The van der Waals surface area contributed by atoms with E-state index in [2.05, 4.69) is 15.5 Å². The highest BCUT2D eigenvalue weighted by molar-refractivity contribution is 5.74. The van der Waals surface area contributed by atoms with Gasteiger partial charge >= 0.3 is 6.03 Å². The minimum Gasteiger partial charge on any atom is -0.376 e. The summed E-state index contributed by atoms with van der Waals surface area (Å²) >= 11 is 0. The van der Waals surface area contributed by atoms with Gasteiger partial charge in [0.15, 0.2) is 5.82 Å². The number of urea groups is 1. The van der Waals surface area contributed by atoms with Crippen molar-refractivity contribution in [1.29, 1.82) is 0 Å².